The van der Waals surface area contributed by atoms with Crippen molar-refractivity contribution in [2.24, 2.45) is 0 Å². The minimum Gasteiger partial charge on any atom is -0.488 e. The first-order valence-corrected chi connectivity index (χ1v) is 5.13. The van der Waals surface area contributed by atoms with Crippen LogP contribution in [-0.4, -0.2) is 25.0 Å². The number of H-pyrrole nitrogens is 1. The van der Waals surface area contributed by atoms with Crippen LogP contribution in [0.5, 0.6) is 5.88 Å². The predicted octanol–water partition coefficient (Wildman–Crippen LogP) is 0.949. The smallest absolute Gasteiger partial charge is 0.395 e. The van der Waals surface area contributed by atoms with Crippen LogP contribution in [0.2, 0.25) is 0 Å². The van der Waals surface area contributed by atoms with Crippen LogP contribution in [0.1, 0.15) is 11.4 Å². The standard InChI is InChI=1S/C11H8N4O4/c16-10-9(15(18)19)11(17)14-8(13-10)2-1-7-3-5-12-6-4-7/h1-6H,(H2,13,14,16,17). The molecule has 0 bridgehead atoms. The summed E-state index contributed by atoms with van der Waals surface area (Å²) in [5, 5.41) is 19.8. The Morgan fingerprint density at radius 2 is 2.00 bits per heavy atom. The molecular weight excluding hydrogens is 252 g/mol. The molecule has 96 valence electrons. The van der Waals surface area contributed by atoms with Crippen molar-refractivity contribution in [2.75, 3.05) is 0 Å². The number of nitrogens with one attached hydrogen (secondary N) is 1. The van der Waals surface area contributed by atoms with Gasteiger partial charge >= 0.3 is 11.2 Å². The van der Waals surface area contributed by atoms with Crippen LogP contribution in [0.25, 0.3) is 12.2 Å². The van der Waals surface area contributed by atoms with Gasteiger partial charge in [-0.2, -0.15) is 4.98 Å². The molecule has 0 saturated heterocycles. The molecule has 19 heavy (non-hydrogen) atoms. The topological polar surface area (TPSA) is 122 Å². The van der Waals surface area contributed by atoms with Crippen LogP contribution < -0.4 is 5.56 Å². The third-order valence-corrected chi connectivity index (χ3v) is 2.22. The molecule has 2 rings (SSSR count). The van der Waals surface area contributed by atoms with E-state index in [0.29, 0.717) is 0 Å². The van der Waals surface area contributed by atoms with Gasteiger partial charge in [0.25, 0.3) is 5.88 Å². The molecule has 2 N–H and O–H groups in total. The summed E-state index contributed by atoms with van der Waals surface area (Å²) in [7, 11) is 0. The van der Waals surface area contributed by atoms with Gasteiger partial charge in [0.15, 0.2) is 0 Å². The molecule has 0 spiro atoms. The van der Waals surface area contributed by atoms with Gasteiger partial charge in [0.05, 0.1) is 4.92 Å². The van der Waals surface area contributed by atoms with Gasteiger partial charge < -0.3 is 10.1 Å². The van der Waals surface area contributed by atoms with Gasteiger partial charge in [0.1, 0.15) is 5.82 Å². The lowest BCUT2D eigenvalue weighted by atomic mass is 10.2. The van der Waals surface area contributed by atoms with E-state index in [-0.39, 0.29) is 5.82 Å². The number of pyridine rings is 1. The quantitative estimate of drug-likeness (QED) is 0.625. The van der Waals surface area contributed by atoms with E-state index in [2.05, 4.69) is 15.0 Å². The predicted molar refractivity (Wildman–Crippen MR) is 66.3 cm³/mol. The Morgan fingerprint density at radius 1 is 1.32 bits per heavy atom. The Labute approximate surface area is 106 Å². The van der Waals surface area contributed by atoms with Crippen LogP contribution in [0.3, 0.4) is 0 Å². The molecule has 0 radical (unpaired) electrons. The summed E-state index contributed by atoms with van der Waals surface area (Å²) in [6.07, 6.45) is 6.21. The molecule has 0 aromatic carbocycles. The first-order valence-electron chi connectivity index (χ1n) is 5.13. The lowest BCUT2D eigenvalue weighted by molar-refractivity contribution is -0.387. The molecule has 8 heteroatoms. The van der Waals surface area contributed by atoms with E-state index in [1.807, 2.05) is 0 Å². The maximum absolute atomic E-state index is 11.4. The Hall–Kier alpha value is -3.03. The minimum atomic E-state index is -1.01. The van der Waals surface area contributed by atoms with E-state index >= 15 is 0 Å². The molecule has 0 amide bonds. The maximum Gasteiger partial charge on any atom is 0.395 e. The fourth-order valence-electron chi connectivity index (χ4n) is 1.37. The highest BCUT2D eigenvalue weighted by Crippen LogP contribution is 2.17. The third-order valence-electron chi connectivity index (χ3n) is 2.22. The number of hydrogen-bond donors (Lipinski definition) is 2. The van der Waals surface area contributed by atoms with Crippen molar-refractivity contribution >= 4 is 17.8 Å². The van der Waals surface area contributed by atoms with Gasteiger partial charge in [-0.05, 0) is 23.8 Å². The Morgan fingerprint density at radius 3 is 2.58 bits per heavy atom. The summed E-state index contributed by atoms with van der Waals surface area (Å²) in [5.74, 6) is -0.895. The van der Waals surface area contributed by atoms with Crippen molar-refractivity contribution in [2.45, 2.75) is 0 Å². The first kappa shape index (κ1) is 12.4. The lowest BCUT2D eigenvalue weighted by Crippen LogP contribution is -2.14. The van der Waals surface area contributed by atoms with Crippen molar-refractivity contribution in [3.8, 4) is 5.88 Å². The Bertz CT molecular complexity index is 694. The molecule has 0 saturated carbocycles. The van der Waals surface area contributed by atoms with Gasteiger partial charge in [-0.1, -0.05) is 6.08 Å². The number of nitrogens with zero attached hydrogens (tertiary/aromatic N) is 3. The van der Waals surface area contributed by atoms with E-state index in [0.717, 1.165) is 5.56 Å². The summed E-state index contributed by atoms with van der Waals surface area (Å²) in [6.45, 7) is 0. The van der Waals surface area contributed by atoms with Gasteiger partial charge in [-0.25, -0.2) is 0 Å². The van der Waals surface area contributed by atoms with Gasteiger partial charge in [0.2, 0.25) is 0 Å². The molecule has 0 fully saturated rings. The second kappa shape index (κ2) is 5.08. The highest BCUT2D eigenvalue weighted by atomic mass is 16.6. The summed E-state index contributed by atoms with van der Waals surface area (Å²) >= 11 is 0. The lowest BCUT2D eigenvalue weighted by Gasteiger charge is -1.96. The molecular formula is C11H8N4O4. The van der Waals surface area contributed by atoms with E-state index in [1.54, 1.807) is 30.6 Å². The number of nitro groups is 1. The van der Waals surface area contributed by atoms with E-state index in [4.69, 9.17) is 0 Å². The minimum absolute atomic E-state index is 0.0184. The highest BCUT2D eigenvalue weighted by Gasteiger charge is 2.21. The molecule has 0 aliphatic carbocycles. The zero-order valence-electron chi connectivity index (χ0n) is 9.48. The normalized spacial score (nSPS) is 10.7. The molecule has 0 atom stereocenters. The van der Waals surface area contributed by atoms with Crippen LogP contribution in [0, 0.1) is 10.1 Å². The van der Waals surface area contributed by atoms with Crippen molar-refractivity contribution in [1.29, 1.82) is 0 Å². The van der Waals surface area contributed by atoms with Gasteiger partial charge in [0, 0.05) is 12.4 Å². The molecule has 0 aliphatic heterocycles. The summed E-state index contributed by atoms with van der Waals surface area (Å²) in [6, 6.07) is 3.44. The number of aromatic hydroxyl groups is 1. The second-order valence-electron chi connectivity index (χ2n) is 3.49. The number of rotatable bonds is 3. The largest absolute Gasteiger partial charge is 0.488 e. The fraction of sp³-hybridized carbons (Fsp3) is 0. The van der Waals surface area contributed by atoms with Gasteiger partial charge in [-0.3, -0.25) is 19.9 Å². The van der Waals surface area contributed by atoms with Crippen molar-refractivity contribution in [1.82, 2.24) is 15.0 Å². The van der Waals surface area contributed by atoms with Crippen molar-refractivity contribution in [3.63, 3.8) is 0 Å². The van der Waals surface area contributed by atoms with Crippen LogP contribution in [-0.2, 0) is 0 Å². The molecule has 0 aliphatic rings. The second-order valence-corrected chi connectivity index (χ2v) is 3.49. The monoisotopic (exact) mass is 260 g/mol. The van der Waals surface area contributed by atoms with Gasteiger partial charge in [-0.15, -0.1) is 0 Å². The van der Waals surface area contributed by atoms with E-state index in [1.165, 1.54) is 6.08 Å². The zero-order chi connectivity index (χ0) is 13.8. The number of aromatic nitrogens is 3. The highest BCUT2D eigenvalue weighted by molar-refractivity contribution is 5.66. The zero-order valence-corrected chi connectivity index (χ0v) is 9.48. The molecule has 0 unspecified atom stereocenters. The third kappa shape index (κ3) is 2.80. The number of hydrogen-bond acceptors (Lipinski definition) is 6. The summed E-state index contributed by atoms with van der Waals surface area (Å²) in [4.78, 5) is 30.4. The SMILES string of the molecule is O=c1[nH]c(C=Cc2ccncc2)nc(O)c1[N+](=O)[O-]. The van der Waals surface area contributed by atoms with E-state index in [9.17, 15) is 20.0 Å². The molecule has 2 heterocycles. The molecule has 2 aromatic rings. The Balaban J connectivity index is 2.36. The summed E-state index contributed by atoms with van der Waals surface area (Å²) < 4.78 is 0. The fourth-order valence-corrected chi connectivity index (χ4v) is 1.37. The molecule has 8 nitrogen and oxygen atoms in total. The van der Waals surface area contributed by atoms with Crippen LogP contribution in [0.4, 0.5) is 5.69 Å². The van der Waals surface area contributed by atoms with Crippen molar-refractivity contribution in [3.05, 3.63) is 56.4 Å². The molecule has 2 aromatic heterocycles. The summed E-state index contributed by atoms with van der Waals surface area (Å²) in [5.41, 5.74) is -1.18. The van der Waals surface area contributed by atoms with Crippen LogP contribution >= 0.6 is 0 Å². The number of aromatic amines is 1. The maximum atomic E-state index is 11.4. The van der Waals surface area contributed by atoms with Crippen LogP contribution in [0.15, 0.2) is 29.3 Å². The van der Waals surface area contributed by atoms with E-state index < -0.39 is 22.0 Å². The van der Waals surface area contributed by atoms with Crippen molar-refractivity contribution < 1.29 is 10.0 Å². The Kier molecular flexibility index (Phi) is 3.33. The average Bonchev–Trinajstić information content (AvgIpc) is 2.36. The first-order chi connectivity index (χ1) is 9.08. The average molecular weight is 260 g/mol.